The molecule has 0 bridgehead atoms. The number of hydrogen-bond acceptors (Lipinski definition) is 1. The summed E-state index contributed by atoms with van der Waals surface area (Å²) in [6.45, 7) is 3.60. The first kappa shape index (κ1) is 13.7. The van der Waals surface area contributed by atoms with Crippen LogP contribution in [0.1, 0.15) is 23.6 Å². The maximum Gasteiger partial charge on any atom is 0.126 e. The van der Waals surface area contributed by atoms with Crippen LogP contribution < -0.4 is 5.73 Å². The van der Waals surface area contributed by atoms with Crippen molar-refractivity contribution in [2.75, 3.05) is 0 Å². The highest BCUT2D eigenvalue weighted by molar-refractivity contribution is 5.32. The van der Waals surface area contributed by atoms with Crippen molar-refractivity contribution in [3.05, 3.63) is 70.8 Å². The van der Waals surface area contributed by atoms with Gasteiger partial charge in [0.2, 0.25) is 0 Å². The van der Waals surface area contributed by atoms with Crippen molar-refractivity contribution in [1.82, 2.24) is 0 Å². The average Bonchev–Trinajstić information content (AvgIpc) is 2.31. The molecule has 2 rings (SSSR count). The lowest BCUT2D eigenvalue weighted by atomic mass is 9.85. The smallest absolute Gasteiger partial charge is 0.126 e. The van der Waals surface area contributed by atoms with Crippen LogP contribution in [0.2, 0.25) is 0 Å². The van der Waals surface area contributed by atoms with E-state index in [2.05, 4.69) is 0 Å². The van der Waals surface area contributed by atoms with Crippen LogP contribution in [0.15, 0.2) is 42.5 Å². The predicted octanol–water partition coefficient (Wildman–Crippen LogP) is 3.69. The molecule has 0 radical (unpaired) electrons. The van der Waals surface area contributed by atoms with E-state index >= 15 is 0 Å². The Morgan fingerprint density at radius 2 is 1.79 bits per heavy atom. The van der Waals surface area contributed by atoms with Crippen LogP contribution in [0.4, 0.5) is 8.78 Å². The summed E-state index contributed by atoms with van der Waals surface area (Å²) in [6, 6.07) is 11.2. The minimum Gasteiger partial charge on any atom is -0.321 e. The summed E-state index contributed by atoms with van der Waals surface area (Å²) < 4.78 is 27.1. The summed E-state index contributed by atoms with van der Waals surface area (Å²) in [5.41, 5.74) is 7.45. The van der Waals surface area contributed by atoms with Gasteiger partial charge in [-0.1, -0.05) is 24.3 Å². The fourth-order valence-electron chi connectivity index (χ4n) is 2.21. The zero-order chi connectivity index (χ0) is 14.0. The molecule has 0 fully saturated rings. The van der Waals surface area contributed by atoms with E-state index < -0.39 is 5.54 Å². The third kappa shape index (κ3) is 3.18. The normalized spacial score (nSPS) is 14.2. The van der Waals surface area contributed by atoms with Crippen LogP contribution in [0, 0.1) is 18.6 Å². The van der Waals surface area contributed by atoms with E-state index in [0.717, 1.165) is 5.56 Å². The van der Waals surface area contributed by atoms with Gasteiger partial charge in [-0.25, -0.2) is 8.78 Å². The molecule has 0 amide bonds. The van der Waals surface area contributed by atoms with Gasteiger partial charge in [-0.05, 0) is 55.2 Å². The second-order valence-electron chi connectivity index (χ2n) is 5.20. The lowest BCUT2D eigenvalue weighted by Crippen LogP contribution is -2.36. The van der Waals surface area contributed by atoms with Gasteiger partial charge in [-0.2, -0.15) is 0 Å². The first-order valence-corrected chi connectivity index (χ1v) is 6.18. The number of hydrogen-bond donors (Lipinski definition) is 1. The van der Waals surface area contributed by atoms with Crippen LogP contribution in [-0.2, 0) is 12.0 Å². The Bertz CT molecular complexity index is 571. The highest BCUT2D eigenvalue weighted by atomic mass is 19.1. The van der Waals surface area contributed by atoms with Gasteiger partial charge < -0.3 is 5.73 Å². The molecule has 19 heavy (non-hydrogen) atoms. The molecule has 1 unspecified atom stereocenters. The fraction of sp³-hybridized carbons (Fsp3) is 0.250. The number of nitrogens with two attached hydrogens (primary N) is 1. The molecule has 0 aliphatic carbocycles. The van der Waals surface area contributed by atoms with Crippen molar-refractivity contribution in [2.45, 2.75) is 25.8 Å². The molecule has 2 aromatic carbocycles. The molecule has 0 aliphatic rings. The number of benzene rings is 2. The van der Waals surface area contributed by atoms with Crippen molar-refractivity contribution in [2.24, 2.45) is 5.73 Å². The Morgan fingerprint density at radius 3 is 2.42 bits per heavy atom. The first-order valence-electron chi connectivity index (χ1n) is 6.18. The van der Waals surface area contributed by atoms with E-state index in [1.807, 2.05) is 13.0 Å². The summed E-state index contributed by atoms with van der Waals surface area (Å²) in [5.74, 6) is -0.604. The van der Waals surface area contributed by atoms with Gasteiger partial charge >= 0.3 is 0 Å². The minimum absolute atomic E-state index is 0.285. The van der Waals surface area contributed by atoms with Gasteiger partial charge in [0, 0.05) is 5.54 Å². The Kier molecular flexibility index (Phi) is 3.67. The molecule has 100 valence electrons. The molecule has 3 heteroatoms. The molecule has 0 heterocycles. The molecule has 2 aromatic rings. The van der Waals surface area contributed by atoms with Gasteiger partial charge in [0.05, 0.1) is 0 Å². The van der Waals surface area contributed by atoms with E-state index in [0.29, 0.717) is 17.5 Å². The Balaban J connectivity index is 2.34. The van der Waals surface area contributed by atoms with Crippen LogP contribution >= 0.6 is 0 Å². The molecule has 0 spiro atoms. The Hall–Kier alpha value is -1.74. The SMILES string of the molecule is Cc1cc(F)cc(C(C)(N)Cc2ccccc2F)c1. The topological polar surface area (TPSA) is 26.0 Å². The highest BCUT2D eigenvalue weighted by Crippen LogP contribution is 2.25. The van der Waals surface area contributed by atoms with Crippen LogP contribution in [0.3, 0.4) is 0 Å². The van der Waals surface area contributed by atoms with Gasteiger partial charge in [-0.3, -0.25) is 0 Å². The molecule has 2 N–H and O–H groups in total. The van der Waals surface area contributed by atoms with Crippen LogP contribution in [0.25, 0.3) is 0 Å². The van der Waals surface area contributed by atoms with Gasteiger partial charge in [0.1, 0.15) is 11.6 Å². The number of rotatable bonds is 3. The quantitative estimate of drug-likeness (QED) is 0.896. The molecular formula is C16H17F2N. The van der Waals surface area contributed by atoms with E-state index in [1.165, 1.54) is 18.2 Å². The summed E-state index contributed by atoms with van der Waals surface area (Å²) in [4.78, 5) is 0. The fourth-order valence-corrected chi connectivity index (χ4v) is 2.21. The molecule has 0 aliphatic heterocycles. The van der Waals surface area contributed by atoms with Crippen molar-refractivity contribution in [3.8, 4) is 0 Å². The van der Waals surface area contributed by atoms with Crippen molar-refractivity contribution in [1.29, 1.82) is 0 Å². The summed E-state index contributed by atoms with van der Waals surface area (Å²) in [7, 11) is 0. The van der Waals surface area contributed by atoms with E-state index in [4.69, 9.17) is 5.73 Å². The van der Waals surface area contributed by atoms with Crippen molar-refractivity contribution in [3.63, 3.8) is 0 Å². The summed E-state index contributed by atoms with van der Waals surface area (Å²) in [6.07, 6.45) is 0.322. The maximum absolute atomic E-state index is 13.7. The van der Waals surface area contributed by atoms with Gasteiger partial charge in [-0.15, -0.1) is 0 Å². The minimum atomic E-state index is -0.810. The monoisotopic (exact) mass is 261 g/mol. The van der Waals surface area contributed by atoms with Crippen molar-refractivity contribution < 1.29 is 8.78 Å². The van der Waals surface area contributed by atoms with E-state index in [1.54, 1.807) is 25.1 Å². The zero-order valence-electron chi connectivity index (χ0n) is 11.1. The maximum atomic E-state index is 13.7. The largest absolute Gasteiger partial charge is 0.321 e. The zero-order valence-corrected chi connectivity index (χ0v) is 11.1. The van der Waals surface area contributed by atoms with Crippen molar-refractivity contribution >= 4 is 0 Å². The molecular weight excluding hydrogens is 244 g/mol. The van der Waals surface area contributed by atoms with E-state index in [-0.39, 0.29) is 11.6 Å². The molecule has 0 saturated heterocycles. The Labute approximate surface area is 112 Å². The van der Waals surface area contributed by atoms with Gasteiger partial charge in [0.15, 0.2) is 0 Å². The number of aryl methyl sites for hydroxylation is 1. The first-order chi connectivity index (χ1) is 8.88. The van der Waals surface area contributed by atoms with E-state index in [9.17, 15) is 8.78 Å². The van der Waals surface area contributed by atoms with Crippen LogP contribution in [0.5, 0.6) is 0 Å². The Morgan fingerprint density at radius 1 is 1.11 bits per heavy atom. The lowest BCUT2D eigenvalue weighted by Gasteiger charge is -2.26. The second kappa shape index (κ2) is 5.10. The number of halogens is 2. The van der Waals surface area contributed by atoms with Gasteiger partial charge in [0.25, 0.3) is 0 Å². The third-order valence-electron chi connectivity index (χ3n) is 3.22. The summed E-state index contributed by atoms with van der Waals surface area (Å²) in [5, 5.41) is 0. The average molecular weight is 261 g/mol. The third-order valence-corrected chi connectivity index (χ3v) is 3.22. The molecule has 1 atom stereocenters. The summed E-state index contributed by atoms with van der Waals surface area (Å²) >= 11 is 0. The molecule has 0 saturated carbocycles. The molecule has 0 aromatic heterocycles. The van der Waals surface area contributed by atoms with Crippen LogP contribution in [-0.4, -0.2) is 0 Å². The highest BCUT2D eigenvalue weighted by Gasteiger charge is 2.24. The lowest BCUT2D eigenvalue weighted by molar-refractivity contribution is 0.471. The molecule has 1 nitrogen and oxygen atoms in total. The standard InChI is InChI=1S/C16H17F2N/c1-11-7-13(9-14(17)8-11)16(2,19)10-12-5-3-4-6-15(12)18/h3-9H,10,19H2,1-2H3. The second-order valence-corrected chi connectivity index (χ2v) is 5.20. The predicted molar refractivity (Wildman–Crippen MR) is 72.8 cm³/mol.